The second-order valence-electron chi connectivity index (χ2n) is 8.82. The van der Waals surface area contributed by atoms with E-state index in [4.69, 9.17) is 9.47 Å². The van der Waals surface area contributed by atoms with Crippen molar-refractivity contribution in [2.75, 3.05) is 0 Å². The molecule has 2 amide bonds. The summed E-state index contributed by atoms with van der Waals surface area (Å²) in [5.41, 5.74) is 0.375. The Morgan fingerprint density at radius 2 is 1.69 bits per heavy atom. The molecule has 0 radical (unpaired) electrons. The van der Waals surface area contributed by atoms with E-state index < -0.39 is 23.8 Å². The minimum absolute atomic E-state index is 0.147. The van der Waals surface area contributed by atoms with E-state index >= 15 is 0 Å². The van der Waals surface area contributed by atoms with E-state index in [-0.39, 0.29) is 11.9 Å². The third-order valence-electron chi connectivity index (χ3n) is 4.98. The molecule has 0 saturated heterocycles. The van der Waals surface area contributed by atoms with Crippen molar-refractivity contribution in [3.05, 3.63) is 35.9 Å². The first-order valence-electron chi connectivity index (χ1n) is 10.7. The fourth-order valence-electron chi connectivity index (χ4n) is 3.44. The smallest absolute Gasteiger partial charge is 0.408 e. The number of hydrogen-bond donors (Lipinski definition) is 2. The van der Waals surface area contributed by atoms with Crippen molar-refractivity contribution in [2.45, 2.75) is 96.6 Å². The molecule has 162 valence electrons. The molecule has 6 nitrogen and oxygen atoms in total. The van der Waals surface area contributed by atoms with Gasteiger partial charge in [0.1, 0.15) is 11.6 Å². The Bertz CT molecular complexity index is 634. The third kappa shape index (κ3) is 8.86. The molecule has 29 heavy (non-hydrogen) atoms. The van der Waals surface area contributed by atoms with Gasteiger partial charge in [-0.1, -0.05) is 56.0 Å². The van der Waals surface area contributed by atoms with Crippen LogP contribution < -0.4 is 10.6 Å². The fraction of sp³-hybridized carbons (Fsp3) is 0.652. The summed E-state index contributed by atoms with van der Waals surface area (Å²) in [4.78, 5) is 25.3. The van der Waals surface area contributed by atoms with Crippen LogP contribution in [0.15, 0.2) is 30.3 Å². The van der Waals surface area contributed by atoms with Gasteiger partial charge in [-0.05, 0) is 46.1 Å². The first-order chi connectivity index (χ1) is 13.7. The number of carbonyl (C=O) groups excluding carboxylic acids is 2. The summed E-state index contributed by atoms with van der Waals surface area (Å²) in [7, 11) is 0. The zero-order valence-electron chi connectivity index (χ0n) is 18.2. The van der Waals surface area contributed by atoms with Crippen LogP contribution in [0.2, 0.25) is 0 Å². The first-order valence-corrected chi connectivity index (χ1v) is 10.7. The van der Waals surface area contributed by atoms with Gasteiger partial charge in [-0.15, -0.1) is 0 Å². The van der Waals surface area contributed by atoms with E-state index in [2.05, 4.69) is 10.6 Å². The second-order valence-corrected chi connectivity index (χ2v) is 8.82. The summed E-state index contributed by atoms with van der Waals surface area (Å²) in [6.45, 7) is 7.55. The van der Waals surface area contributed by atoms with Crippen molar-refractivity contribution >= 4 is 12.0 Å². The van der Waals surface area contributed by atoms with Gasteiger partial charge in [0.05, 0.1) is 12.7 Å². The Kier molecular flexibility index (Phi) is 8.96. The monoisotopic (exact) mass is 404 g/mol. The molecular formula is C23H36N2O4. The Balaban J connectivity index is 2.02. The predicted molar refractivity (Wildman–Crippen MR) is 113 cm³/mol. The molecule has 1 saturated carbocycles. The number of ether oxygens (including phenoxy) is 2. The number of alkyl carbamates (subject to hydrolysis) is 1. The largest absolute Gasteiger partial charge is 0.444 e. The average molecular weight is 405 g/mol. The Hall–Kier alpha value is -2.08. The summed E-state index contributed by atoms with van der Waals surface area (Å²) in [5, 5.41) is 5.83. The number of benzene rings is 1. The lowest BCUT2D eigenvalue weighted by Gasteiger charge is -2.28. The molecule has 1 aliphatic carbocycles. The molecule has 0 aliphatic heterocycles. The van der Waals surface area contributed by atoms with Crippen LogP contribution in [0.5, 0.6) is 0 Å². The van der Waals surface area contributed by atoms with Crippen LogP contribution in [0.4, 0.5) is 4.79 Å². The van der Waals surface area contributed by atoms with Gasteiger partial charge in [0.25, 0.3) is 0 Å². The van der Waals surface area contributed by atoms with E-state index in [1.165, 1.54) is 12.8 Å². The molecule has 0 spiro atoms. The maximum absolute atomic E-state index is 13.0. The Morgan fingerprint density at radius 1 is 1.07 bits per heavy atom. The molecule has 2 unspecified atom stereocenters. The summed E-state index contributed by atoms with van der Waals surface area (Å²) in [5.74, 6) is -0.219. The molecule has 2 rings (SSSR count). The standard InChI is InChI=1S/C23H36N2O4/c1-17(28-16-18-12-8-7-9-13-18)20(25-22(27)29-23(2,3)4)21(26)24-19-14-10-5-6-11-15-19/h7-9,12-13,17,19-20H,5-6,10-11,14-16H2,1-4H3,(H,24,26)(H,25,27). The van der Waals surface area contributed by atoms with Crippen molar-refractivity contribution < 1.29 is 19.1 Å². The van der Waals surface area contributed by atoms with E-state index in [0.29, 0.717) is 6.61 Å². The van der Waals surface area contributed by atoms with Crippen LogP contribution in [0.3, 0.4) is 0 Å². The number of carbonyl (C=O) groups is 2. The van der Waals surface area contributed by atoms with E-state index in [1.807, 2.05) is 30.3 Å². The molecule has 1 aromatic carbocycles. The molecule has 0 bridgehead atoms. The molecular weight excluding hydrogens is 368 g/mol. The van der Waals surface area contributed by atoms with Gasteiger partial charge < -0.3 is 20.1 Å². The molecule has 1 aromatic rings. The molecule has 1 fully saturated rings. The van der Waals surface area contributed by atoms with Crippen LogP contribution in [-0.2, 0) is 20.9 Å². The molecule has 2 atom stereocenters. The van der Waals surface area contributed by atoms with E-state index in [1.54, 1.807) is 27.7 Å². The summed E-state index contributed by atoms with van der Waals surface area (Å²) in [6.07, 6.45) is 5.49. The molecule has 0 heterocycles. The summed E-state index contributed by atoms with van der Waals surface area (Å²) < 4.78 is 11.3. The van der Waals surface area contributed by atoms with Gasteiger partial charge >= 0.3 is 6.09 Å². The average Bonchev–Trinajstić information content (AvgIpc) is 2.92. The Morgan fingerprint density at radius 3 is 2.28 bits per heavy atom. The molecule has 1 aliphatic rings. The van der Waals surface area contributed by atoms with Crippen LogP contribution >= 0.6 is 0 Å². The minimum Gasteiger partial charge on any atom is -0.444 e. The second kappa shape index (κ2) is 11.2. The van der Waals surface area contributed by atoms with Crippen molar-refractivity contribution in [1.82, 2.24) is 10.6 Å². The van der Waals surface area contributed by atoms with Crippen LogP contribution in [0.25, 0.3) is 0 Å². The highest BCUT2D eigenvalue weighted by Gasteiger charge is 2.31. The molecule has 2 N–H and O–H groups in total. The van der Waals surface area contributed by atoms with Crippen LogP contribution in [-0.4, -0.2) is 35.8 Å². The van der Waals surface area contributed by atoms with Crippen LogP contribution in [0.1, 0.15) is 71.8 Å². The highest BCUT2D eigenvalue weighted by atomic mass is 16.6. The minimum atomic E-state index is -0.822. The highest BCUT2D eigenvalue weighted by molar-refractivity contribution is 5.86. The first kappa shape index (κ1) is 23.2. The highest BCUT2D eigenvalue weighted by Crippen LogP contribution is 2.18. The van der Waals surface area contributed by atoms with E-state index in [0.717, 1.165) is 31.2 Å². The zero-order chi connectivity index (χ0) is 21.3. The van der Waals surface area contributed by atoms with Gasteiger partial charge in [-0.2, -0.15) is 0 Å². The third-order valence-corrected chi connectivity index (χ3v) is 4.98. The van der Waals surface area contributed by atoms with Gasteiger partial charge in [0.2, 0.25) is 5.91 Å². The lowest BCUT2D eigenvalue weighted by atomic mass is 10.1. The quantitative estimate of drug-likeness (QED) is 0.664. The van der Waals surface area contributed by atoms with Gasteiger partial charge in [0, 0.05) is 6.04 Å². The van der Waals surface area contributed by atoms with Gasteiger partial charge in [-0.3, -0.25) is 4.79 Å². The topological polar surface area (TPSA) is 76.7 Å². The Labute approximate surface area is 174 Å². The molecule has 6 heteroatoms. The van der Waals surface area contributed by atoms with Crippen LogP contribution in [0, 0.1) is 0 Å². The number of amides is 2. The van der Waals surface area contributed by atoms with Gasteiger partial charge in [0.15, 0.2) is 0 Å². The fourth-order valence-corrected chi connectivity index (χ4v) is 3.44. The number of hydrogen-bond acceptors (Lipinski definition) is 4. The number of nitrogens with one attached hydrogen (secondary N) is 2. The predicted octanol–water partition coefficient (Wildman–Crippen LogP) is 4.32. The molecule has 0 aromatic heterocycles. The van der Waals surface area contributed by atoms with Gasteiger partial charge in [-0.25, -0.2) is 4.79 Å². The van der Waals surface area contributed by atoms with Crippen molar-refractivity contribution in [3.8, 4) is 0 Å². The van der Waals surface area contributed by atoms with Crippen molar-refractivity contribution in [3.63, 3.8) is 0 Å². The van der Waals surface area contributed by atoms with Crippen molar-refractivity contribution in [1.29, 1.82) is 0 Å². The van der Waals surface area contributed by atoms with Crippen molar-refractivity contribution in [2.24, 2.45) is 0 Å². The maximum atomic E-state index is 13.0. The summed E-state index contributed by atoms with van der Waals surface area (Å²) in [6, 6.07) is 9.09. The number of rotatable bonds is 7. The SMILES string of the molecule is CC(OCc1ccccc1)C(NC(=O)OC(C)(C)C)C(=O)NC1CCCCCC1. The lowest BCUT2D eigenvalue weighted by Crippen LogP contribution is -2.55. The zero-order valence-corrected chi connectivity index (χ0v) is 18.2. The lowest BCUT2D eigenvalue weighted by molar-refractivity contribution is -0.128. The normalized spacial score (nSPS) is 17.7. The maximum Gasteiger partial charge on any atom is 0.408 e. The van der Waals surface area contributed by atoms with E-state index in [9.17, 15) is 9.59 Å². The summed E-state index contributed by atoms with van der Waals surface area (Å²) >= 11 is 0.